The lowest BCUT2D eigenvalue weighted by Gasteiger charge is -2.18. The number of imidazole rings is 1. The number of hydrogen-bond donors (Lipinski definition) is 2. The topological polar surface area (TPSA) is 146 Å². The molecule has 0 spiro atoms. The highest BCUT2D eigenvalue weighted by atomic mass is 19.1. The number of aliphatic hydroxyl groups is 1. The van der Waals surface area contributed by atoms with Crippen LogP contribution in [0.25, 0.3) is 11.2 Å². The van der Waals surface area contributed by atoms with Gasteiger partial charge in [0.25, 0.3) is 5.91 Å². The first-order chi connectivity index (χ1) is 16.4. The van der Waals surface area contributed by atoms with Crippen LogP contribution in [0.2, 0.25) is 0 Å². The van der Waals surface area contributed by atoms with E-state index < -0.39 is 43.1 Å². The Labute approximate surface area is 192 Å². The number of nitrogens with zero attached hydrogens (tertiary/aromatic N) is 4. The van der Waals surface area contributed by atoms with Crippen molar-refractivity contribution >= 4 is 34.6 Å². The largest absolute Gasteiger partial charge is 0.456 e. The molecule has 4 atom stereocenters. The van der Waals surface area contributed by atoms with Crippen molar-refractivity contribution in [2.24, 2.45) is 0 Å². The lowest BCUT2D eigenvalue weighted by molar-refractivity contribution is -0.155. The second-order valence-corrected chi connectivity index (χ2v) is 7.72. The van der Waals surface area contributed by atoms with Crippen molar-refractivity contribution in [1.29, 1.82) is 0 Å². The van der Waals surface area contributed by atoms with Gasteiger partial charge in [0, 0.05) is 12.0 Å². The summed E-state index contributed by atoms with van der Waals surface area (Å²) >= 11 is 0. The Hall–Kier alpha value is -3.77. The highest BCUT2D eigenvalue weighted by molar-refractivity contribution is 6.06. The zero-order valence-corrected chi connectivity index (χ0v) is 18.1. The highest BCUT2D eigenvalue weighted by Gasteiger charge is 2.48. The third-order valence-corrected chi connectivity index (χ3v) is 5.30. The Bertz CT molecular complexity index is 1200. The Kier molecular flexibility index (Phi) is 6.89. The molecule has 0 bridgehead atoms. The summed E-state index contributed by atoms with van der Waals surface area (Å²) in [5, 5.41) is 12.3. The number of ketones is 1. The third-order valence-electron chi connectivity index (χ3n) is 5.30. The first kappa shape index (κ1) is 23.4. The smallest absolute Gasteiger partial charge is 0.306 e. The molecule has 0 radical (unpaired) electrons. The van der Waals surface area contributed by atoms with Crippen LogP contribution in [0.15, 0.2) is 43.0 Å². The van der Waals surface area contributed by atoms with Gasteiger partial charge in [-0.25, -0.2) is 19.3 Å². The number of carbonyl (C=O) groups is 3. The molecule has 2 N–H and O–H groups in total. The molecule has 3 heterocycles. The van der Waals surface area contributed by atoms with Gasteiger partial charge in [-0.05, 0) is 19.1 Å². The van der Waals surface area contributed by atoms with Crippen molar-refractivity contribution in [3.05, 3.63) is 48.5 Å². The second kappa shape index (κ2) is 10.0. The van der Waals surface area contributed by atoms with E-state index in [0.717, 1.165) is 0 Å². The molecule has 2 aromatic heterocycles. The molecule has 1 saturated heterocycles. The quantitative estimate of drug-likeness (QED) is 0.468. The lowest BCUT2D eigenvalue weighted by Crippen LogP contribution is -2.35. The molecule has 178 valence electrons. The summed E-state index contributed by atoms with van der Waals surface area (Å²) in [6.45, 7) is 0.737. The predicted octanol–water partition coefficient (Wildman–Crippen LogP) is 1.59. The number of ether oxygens (including phenoxy) is 2. The summed E-state index contributed by atoms with van der Waals surface area (Å²) in [5.74, 6) is -1.26. The summed E-state index contributed by atoms with van der Waals surface area (Å²) in [7, 11) is 0. The first-order valence-corrected chi connectivity index (χ1v) is 10.5. The summed E-state index contributed by atoms with van der Waals surface area (Å²) in [6, 6.07) is 8.50. The van der Waals surface area contributed by atoms with Crippen molar-refractivity contribution in [3.8, 4) is 0 Å². The summed E-state index contributed by atoms with van der Waals surface area (Å²) < 4.78 is 27.4. The number of rotatable bonds is 8. The number of amides is 1. The normalized spacial score (nSPS) is 22.0. The van der Waals surface area contributed by atoms with Gasteiger partial charge in [0.15, 0.2) is 35.5 Å². The minimum atomic E-state index is -1.85. The number of hydrogen-bond acceptors (Lipinski definition) is 9. The Morgan fingerprint density at radius 3 is 2.65 bits per heavy atom. The van der Waals surface area contributed by atoms with Crippen LogP contribution < -0.4 is 5.32 Å². The molecular weight excluding hydrogens is 449 g/mol. The van der Waals surface area contributed by atoms with Crippen LogP contribution in [-0.2, 0) is 19.1 Å². The van der Waals surface area contributed by atoms with Gasteiger partial charge in [0.05, 0.1) is 19.4 Å². The fourth-order valence-electron chi connectivity index (χ4n) is 3.59. The SMILES string of the molecule is CC(=O)CCC(=O)OC1C(F)[C@H](n2cnc3c(NC(=O)c4ccccc4)ncnc32)O[C@@H]1CO. The zero-order valence-electron chi connectivity index (χ0n) is 18.1. The van der Waals surface area contributed by atoms with Crippen LogP contribution in [0.4, 0.5) is 10.2 Å². The van der Waals surface area contributed by atoms with Crippen LogP contribution in [0.3, 0.4) is 0 Å². The summed E-state index contributed by atoms with van der Waals surface area (Å²) in [4.78, 5) is 48.0. The summed E-state index contributed by atoms with van der Waals surface area (Å²) in [6.07, 6.45) is -3.45. The van der Waals surface area contributed by atoms with Gasteiger partial charge in [-0.1, -0.05) is 18.2 Å². The number of nitrogens with one attached hydrogen (secondary N) is 1. The fraction of sp³-hybridized carbons (Fsp3) is 0.364. The zero-order chi connectivity index (χ0) is 24.2. The molecule has 11 nitrogen and oxygen atoms in total. The minimum Gasteiger partial charge on any atom is -0.456 e. The number of fused-ring (bicyclic) bond motifs is 1. The van der Waals surface area contributed by atoms with Gasteiger partial charge < -0.3 is 24.7 Å². The number of aromatic nitrogens is 4. The number of esters is 1. The van der Waals surface area contributed by atoms with Crippen molar-refractivity contribution in [2.45, 2.75) is 44.4 Å². The second-order valence-electron chi connectivity index (χ2n) is 7.72. The standard InChI is InChI=1S/C22H22FN5O6/c1-12(30)7-8-15(31)34-18-14(9-29)33-22(16(18)23)28-11-26-17-19(24-10-25-20(17)28)27-21(32)13-5-3-2-4-6-13/h2-6,10-11,14,16,18,22,29H,7-9H2,1H3,(H,24,25,27,32)/t14-,16?,18?,22-/m1/s1. The van der Waals surface area contributed by atoms with Gasteiger partial charge >= 0.3 is 5.97 Å². The average molecular weight is 471 g/mol. The third kappa shape index (κ3) is 4.77. The fourth-order valence-corrected chi connectivity index (χ4v) is 3.59. The van der Waals surface area contributed by atoms with Crippen LogP contribution in [0.5, 0.6) is 0 Å². The molecule has 4 rings (SSSR count). The van der Waals surface area contributed by atoms with Gasteiger partial charge in [-0.2, -0.15) is 0 Å². The van der Waals surface area contributed by atoms with E-state index in [1.807, 2.05) is 0 Å². The summed E-state index contributed by atoms with van der Waals surface area (Å²) in [5.41, 5.74) is 0.785. The monoisotopic (exact) mass is 471 g/mol. The van der Waals surface area contributed by atoms with Gasteiger partial charge in [-0.3, -0.25) is 14.2 Å². The average Bonchev–Trinajstić information content (AvgIpc) is 3.40. The van der Waals surface area contributed by atoms with Crippen molar-refractivity contribution in [2.75, 3.05) is 11.9 Å². The number of alkyl halides is 1. The molecule has 2 unspecified atom stereocenters. The molecule has 1 fully saturated rings. The Morgan fingerprint density at radius 2 is 1.94 bits per heavy atom. The van der Waals surface area contributed by atoms with Crippen LogP contribution in [0.1, 0.15) is 36.4 Å². The minimum absolute atomic E-state index is 0.0306. The van der Waals surface area contributed by atoms with Gasteiger partial charge in [0.1, 0.15) is 18.2 Å². The molecule has 1 aliphatic heterocycles. The van der Waals surface area contributed by atoms with Crippen LogP contribution in [0, 0.1) is 0 Å². The molecule has 1 amide bonds. The molecular formula is C22H22FN5O6. The predicted molar refractivity (Wildman–Crippen MR) is 115 cm³/mol. The Balaban J connectivity index is 1.55. The number of aliphatic hydroxyl groups excluding tert-OH is 1. The highest BCUT2D eigenvalue weighted by Crippen LogP contribution is 2.36. The maximum atomic E-state index is 15.3. The molecule has 1 aromatic carbocycles. The van der Waals surface area contributed by atoms with Gasteiger partial charge in [-0.15, -0.1) is 0 Å². The van der Waals surface area contributed by atoms with E-state index in [0.29, 0.717) is 5.56 Å². The molecule has 34 heavy (non-hydrogen) atoms. The Morgan fingerprint density at radius 1 is 1.18 bits per heavy atom. The maximum Gasteiger partial charge on any atom is 0.306 e. The molecule has 0 saturated carbocycles. The maximum absolute atomic E-state index is 15.3. The lowest BCUT2D eigenvalue weighted by atomic mass is 10.1. The van der Waals surface area contributed by atoms with E-state index in [1.54, 1.807) is 30.3 Å². The van der Waals surface area contributed by atoms with Crippen molar-refractivity contribution in [3.63, 3.8) is 0 Å². The van der Waals surface area contributed by atoms with E-state index in [4.69, 9.17) is 9.47 Å². The van der Waals surface area contributed by atoms with Gasteiger partial charge in [0.2, 0.25) is 0 Å². The van der Waals surface area contributed by atoms with Crippen molar-refractivity contribution in [1.82, 2.24) is 19.5 Å². The van der Waals surface area contributed by atoms with E-state index in [9.17, 15) is 19.5 Å². The first-order valence-electron chi connectivity index (χ1n) is 10.5. The van der Waals surface area contributed by atoms with E-state index in [-0.39, 0.29) is 35.6 Å². The van der Waals surface area contributed by atoms with Crippen molar-refractivity contribution < 1.29 is 33.4 Å². The molecule has 0 aliphatic carbocycles. The molecule has 3 aromatic rings. The molecule has 1 aliphatic rings. The van der Waals surface area contributed by atoms with E-state index in [1.165, 1.54) is 24.1 Å². The number of benzene rings is 1. The number of anilines is 1. The van der Waals surface area contributed by atoms with E-state index in [2.05, 4.69) is 20.3 Å². The number of carbonyl (C=O) groups excluding carboxylic acids is 3. The van der Waals surface area contributed by atoms with Crippen LogP contribution in [-0.4, -0.2) is 67.3 Å². The number of halogens is 1. The van der Waals surface area contributed by atoms with Crippen LogP contribution >= 0.6 is 0 Å². The molecule has 12 heteroatoms. The number of Topliss-reactive ketones (excluding diaryl/α,β-unsaturated/α-hetero) is 1. The van der Waals surface area contributed by atoms with E-state index >= 15 is 4.39 Å².